The predicted octanol–water partition coefficient (Wildman–Crippen LogP) is 0.472. The maximum Gasteiger partial charge on any atom is 0.152 e. The van der Waals surface area contributed by atoms with Crippen LogP contribution in [0.15, 0.2) is 0 Å². The Morgan fingerprint density at radius 1 is 1.73 bits per heavy atom. The van der Waals surface area contributed by atoms with Crippen molar-refractivity contribution in [2.45, 2.75) is 38.3 Å². The lowest BCUT2D eigenvalue weighted by Gasteiger charge is -2.15. The van der Waals surface area contributed by atoms with Crippen molar-refractivity contribution in [3.63, 3.8) is 0 Å². The lowest BCUT2D eigenvalue weighted by Crippen LogP contribution is -2.41. The second kappa shape index (κ2) is 2.91. The fourth-order valence-electron chi connectivity index (χ4n) is 0.849. The normalized spacial score (nSPS) is 23.4. The summed E-state index contributed by atoms with van der Waals surface area (Å²) >= 11 is 0. The van der Waals surface area contributed by atoms with Gasteiger partial charge in [0.15, 0.2) is 5.78 Å². The van der Waals surface area contributed by atoms with Crippen LogP contribution < -0.4 is 5.73 Å². The Labute approximate surface area is 66.9 Å². The number of hydrogen-bond donors (Lipinski definition) is 1. The van der Waals surface area contributed by atoms with Gasteiger partial charge in [-0.15, -0.1) is 0 Å². The van der Waals surface area contributed by atoms with E-state index in [0.29, 0.717) is 12.5 Å². The van der Waals surface area contributed by atoms with E-state index in [4.69, 9.17) is 10.5 Å². The topological polar surface area (TPSA) is 55.6 Å². The van der Waals surface area contributed by atoms with Gasteiger partial charge in [-0.3, -0.25) is 4.79 Å². The van der Waals surface area contributed by atoms with Crippen LogP contribution in [-0.4, -0.2) is 24.0 Å². The maximum atomic E-state index is 11.2. The fourth-order valence-corrected chi connectivity index (χ4v) is 0.849. The van der Waals surface area contributed by atoms with E-state index in [1.54, 1.807) is 13.8 Å². The van der Waals surface area contributed by atoms with E-state index < -0.39 is 5.54 Å². The van der Waals surface area contributed by atoms with Gasteiger partial charge in [0.05, 0.1) is 18.2 Å². The van der Waals surface area contributed by atoms with Crippen molar-refractivity contribution in [2.75, 3.05) is 6.61 Å². The van der Waals surface area contributed by atoms with Gasteiger partial charge in [0, 0.05) is 6.42 Å². The highest BCUT2D eigenvalue weighted by atomic mass is 16.6. The van der Waals surface area contributed by atoms with Gasteiger partial charge < -0.3 is 10.5 Å². The minimum atomic E-state index is -0.672. The first-order chi connectivity index (χ1) is 5.00. The minimum absolute atomic E-state index is 0.119. The molecule has 0 bridgehead atoms. The SMILES string of the molecule is CC(C)(N)C(=O)CCC1CO1. The number of carbonyl (C=O) groups is 1. The van der Waals surface area contributed by atoms with Crippen molar-refractivity contribution in [1.82, 2.24) is 0 Å². The molecule has 1 rings (SSSR count). The smallest absolute Gasteiger partial charge is 0.152 e. The Hall–Kier alpha value is -0.410. The van der Waals surface area contributed by atoms with E-state index in [1.807, 2.05) is 0 Å². The number of ketones is 1. The average molecular weight is 157 g/mol. The first-order valence-electron chi connectivity index (χ1n) is 3.94. The molecule has 0 spiro atoms. The number of Topliss-reactive ketones (excluding diaryl/α,β-unsaturated/α-hetero) is 1. The van der Waals surface area contributed by atoms with Crippen molar-refractivity contribution in [3.8, 4) is 0 Å². The second-order valence-electron chi connectivity index (χ2n) is 3.64. The highest BCUT2D eigenvalue weighted by molar-refractivity contribution is 5.87. The molecule has 1 atom stereocenters. The molecule has 1 fully saturated rings. The van der Waals surface area contributed by atoms with Crippen LogP contribution >= 0.6 is 0 Å². The Morgan fingerprint density at radius 3 is 2.64 bits per heavy atom. The Kier molecular flexibility index (Phi) is 2.30. The molecule has 0 aliphatic carbocycles. The second-order valence-corrected chi connectivity index (χ2v) is 3.64. The summed E-state index contributed by atoms with van der Waals surface area (Å²) in [7, 11) is 0. The van der Waals surface area contributed by atoms with Gasteiger partial charge in [0.2, 0.25) is 0 Å². The zero-order valence-electron chi connectivity index (χ0n) is 7.09. The molecule has 0 radical (unpaired) electrons. The summed E-state index contributed by atoms with van der Waals surface area (Å²) < 4.78 is 4.98. The monoisotopic (exact) mass is 157 g/mol. The van der Waals surface area contributed by atoms with E-state index in [2.05, 4.69) is 0 Å². The van der Waals surface area contributed by atoms with Crippen LogP contribution in [-0.2, 0) is 9.53 Å². The molecule has 2 N–H and O–H groups in total. The number of epoxide rings is 1. The zero-order valence-corrected chi connectivity index (χ0v) is 7.09. The summed E-state index contributed by atoms with van der Waals surface area (Å²) in [4.78, 5) is 11.2. The first-order valence-corrected chi connectivity index (χ1v) is 3.94. The molecule has 0 saturated carbocycles. The van der Waals surface area contributed by atoms with Crippen LogP contribution in [0.3, 0.4) is 0 Å². The lowest BCUT2D eigenvalue weighted by molar-refractivity contribution is -0.123. The maximum absolute atomic E-state index is 11.2. The standard InChI is InChI=1S/C8H15NO2/c1-8(2,9)7(10)4-3-6-5-11-6/h6H,3-5,9H2,1-2H3. The molecule has 0 aromatic rings. The lowest BCUT2D eigenvalue weighted by atomic mass is 9.96. The van der Waals surface area contributed by atoms with Crippen LogP contribution in [0, 0.1) is 0 Å². The summed E-state index contributed by atoms with van der Waals surface area (Å²) in [5.74, 6) is 0.119. The number of hydrogen-bond acceptors (Lipinski definition) is 3. The molecule has 1 aliphatic heterocycles. The third kappa shape index (κ3) is 2.99. The largest absolute Gasteiger partial charge is 0.373 e. The van der Waals surface area contributed by atoms with Crippen molar-refractivity contribution < 1.29 is 9.53 Å². The molecular formula is C8H15NO2. The van der Waals surface area contributed by atoms with E-state index in [1.165, 1.54) is 0 Å². The van der Waals surface area contributed by atoms with Crippen molar-refractivity contribution in [3.05, 3.63) is 0 Å². The number of rotatable bonds is 4. The Balaban J connectivity index is 2.19. The van der Waals surface area contributed by atoms with E-state index in [-0.39, 0.29) is 5.78 Å². The van der Waals surface area contributed by atoms with E-state index in [9.17, 15) is 4.79 Å². The van der Waals surface area contributed by atoms with Crippen LogP contribution in [0.25, 0.3) is 0 Å². The molecular weight excluding hydrogens is 142 g/mol. The molecule has 1 heterocycles. The van der Waals surface area contributed by atoms with Crippen LogP contribution in [0.5, 0.6) is 0 Å². The molecule has 1 unspecified atom stereocenters. The van der Waals surface area contributed by atoms with E-state index in [0.717, 1.165) is 13.0 Å². The summed E-state index contributed by atoms with van der Waals surface area (Å²) in [5, 5.41) is 0. The highest BCUT2D eigenvalue weighted by Gasteiger charge is 2.27. The average Bonchev–Trinajstić information content (AvgIpc) is 2.62. The van der Waals surface area contributed by atoms with Crippen LogP contribution in [0.1, 0.15) is 26.7 Å². The van der Waals surface area contributed by atoms with Crippen molar-refractivity contribution in [2.24, 2.45) is 5.73 Å². The van der Waals surface area contributed by atoms with Gasteiger partial charge in [-0.2, -0.15) is 0 Å². The highest BCUT2D eigenvalue weighted by Crippen LogP contribution is 2.17. The van der Waals surface area contributed by atoms with Gasteiger partial charge in [0.1, 0.15) is 0 Å². The molecule has 64 valence electrons. The summed E-state index contributed by atoms with van der Waals surface area (Å²) in [5.41, 5.74) is 4.92. The molecule has 3 nitrogen and oxygen atoms in total. The Bertz CT molecular complexity index is 156. The summed E-state index contributed by atoms with van der Waals surface area (Å²) in [6.45, 7) is 4.30. The van der Waals surface area contributed by atoms with Crippen LogP contribution in [0.2, 0.25) is 0 Å². The number of nitrogens with two attached hydrogens (primary N) is 1. The van der Waals surface area contributed by atoms with Gasteiger partial charge in [-0.1, -0.05) is 0 Å². The predicted molar refractivity (Wildman–Crippen MR) is 42.2 cm³/mol. The Morgan fingerprint density at radius 2 is 2.27 bits per heavy atom. The van der Waals surface area contributed by atoms with Gasteiger partial charge in [-0.25, -0.2) is 0 Å². The van der Waals surface area contributed by atoms with Crippen molar-refractivity contribution in [1.29, 1.82) is 0 Å². The molecule has 0 aromatic carbocycles. The van der Waals surface area contributed by atoms with Crippen LogP contribution in [0.4, 0.5) is 0 Å². The third-order valence-corrected chi connectivity index (χ3v) is 1.81. The zero-order chi connectivity index (χ0) is 8.48. The molecule has 1 aliphatic rings. The number of carbonyl (C=O) groups excluding carboxylic acids is 1. The molecule has 3 heteroatoms. The number of ether oxygens (including phenoxy) is 1. The summed E-state index contributed by atoms with van der Waals surface area (Å²) in [6, 6.07) is 0. The van der Waals surface area contributed by atoms with Gasteiger partial charge in [0.25, 0.3) is 0 Å². The quantitative estimate of drug-likeness (QED) is 0.603. The minimum Gasteiger partial charge on any atom is -0.373 e. The molecule has 11 heavy (non-hydrogen) atoms. The van der Waals surface area contributed by atoms with E-state index >= 15 is 0 Å². The molecule has 1 saturated heterocycles. The molecule has 0 amide bonds. The van der Waals surface area contributed by atoms with Gasteiger partial charge in [-0.05, 0) is 20.3 Å². The first kappa shape index (κ1) is 8.68. The summed E-state index contributed by atoms with van der Waals surface area (Å²) in [6.07, 6.45) is 1.72. The van der Waals surface area contributed by atoms with Gasteiger partial charge >= 0.3 is 0 Å². The van der Waals surface area contributed by atoms with Crippen molar-refractivity contribution >= 4 is 5.78 Å². The third-order valence-electron chi connectivity index (χ3n) is 1.81. The molecule has 0 aromatic heterocycles. The fraction of sp³-hybridized carbons (Fsp3) is 0.875.